The summed E-state index contributed by atoms with van der Waals surface area (Å²) in [5.41, 5.74) is 0.625. The van der Waals surface area contributed by atoms with Crippen molar-refractivity contribution in [2.24, 2.45) is 5.41 Å². The van der Waals surface area contributed by atoms with E-state index in [9.17, 15) is 0 Å². The summed E-state index contributed by atoms with van der Waals surface area (Å²) in [7, 11) is 0. The van der Waals surface area contributed by atoms with Crippen LogP contribution in [0.15, 0.2) is 12.2 Å². The Kier molecular flexibility index (Phi) is 0.770. The molecule has 1 spiro atoms. The van der Waals surface area contributed by atoms with Gasteiger partial charge in [0.1, 0.15) is 0 Å². The molecule has 0 saturated carbocycles. The lowest BCUT2D eigenvalue weighted by atomic mass is 9.76. The van der Waals surface area contributed by atoms with Gasteiger partial charge in [-0.3, -0.25) is 0 Å². The smallest absolute Gasteiger partial charge is 0.00530 e. The molecule has 44 valence electrons. The highest BCUT2D eigenvalue weighted by atomic mass is 14.9. The van der Waals surface area contributed by atoms with Gasteiger partial charge in [0, 0.05) is 12.0 Å². The van der Waals surface area contributed by atoms with Crippen LogP contribution in [-0.2, 0) is 0 Å². The Morgan fingerprint density at radius 2 is 2.38 bits per heavy atom. The summed E-state index contributed by atoms with van der Waals surface area (Å²) in [6.45, 7) is 2.45. The SMILES string of the molecule is C1=CC2(C1)CCNC2. The van der Waals surface area contributed by atoms with Crippen LogP contribution >= 0.6 is 0 Å². The second kappa shape index (κ2) is 1.35. The van der Waals surface area contributed by atoms with Crippen LogP contribution in [0.3, 0.4) is 0 Å². The molecule has 1 heterocycles. The lowest BCUT2D eigenvalue weighted by molar-refractivity contribution is 0.392. The van der Waals surface area contributed by atoms with Crippen LogP contribution in [0.1, 0.15) is 12.8 Å². The number of hydrogen-bond acceptors (Lipinski definition) is 1. The van der Waals surface area contributed by atoms with Crippen molar-refractivity contribution in [1.82, 2.24) is 5.32 Å². The van der Waals surface area contributed by atoms with Crippen molar-refractivity contribution in [3.63, 3.8) is 0 Å². The molecule has 0 radical (unpaired) electrons. The molecule has 8 heavy (non-hydrogen) atoms. The third kappa shape index (κ3) is 0.451. The van der Waals surface area contributed by atoms with E-state index in [0.29, 0.717) is 5.41 Å². The Labute approximate surface area is 49.8 Å². The van der Waals surface area contributed by atoms with Gasteiger partial charge in [-0.15, -0.1) is 0 Å². The Hall–Kier alpha value is -0.300. The minimum absolute atomic E-state index is 0.625. The van der Waals surface area contributed by atoms with Crippen molar-refractivity contribution in [1.29, 1.82) is 0 Å². The molecule has 1 aliphatic carbocycles. The molecule has 1 unspecified atom stereocenters. The molecule has 1 aliphatic heterocycles. The van der Waals surface area contributed by atoms with Crippen LogP contribution < -0.4 is 5.32 Å². The number of hydrogen-bond donors (Lipinski definition) is 1. The van der Waals surface area contributed by atoms with E-state index in [2.05, 4.69) is 17.5 Å². The molecule has 0 bridgehead atoms. The third-order valence-corrected chi connectivity index (χ3v) is 2.27. The van der Waals surface area contributed by atoms with Crippen molar-refractivity contribution in [2.75, 3.05) is 13.1 Å². The molecule has 1 atom stereocenters. The minimum atomic E-state index is 0.625. The highest BCUT2D eigenvalue weighted by Crippen LogP contribution is 2.38. The molecule has 1 nitrogen and oxygen atoms in total. The Bertz CT molecular complexity index is 120. The van der Waals surface area contributed by atoms with Gasteiger partial charge in [-0.2, -0.15) is 0 Å². The predicted octanol–water partition coefficient (Wildman–Crippen LogP) is 0.926. The zero-order valence-electron chi connectivity index (χ0n) is 4.98. The first-order valence-corrected chi connectivity index (χ1v) is 3.30. The van der Waals surface area contributed by atoms with Gasteiger partial charge in [0.2, 0.25) is 0 Å². The van der Waals surface area contributed by atoms with Crippen LogP contribution in [-0.4, -0.2) is 13.1 Å². The first-order chi connectivity index (χ1) is 3.91. The van der Waals surface area contributed by atoms with Gasteiger partial charge in [0.15, 0.2) is 0 Å². The first kappa shape index (κ1) is 4.57. The highest BCUT2D eigenvalue weighted by Gasteiger charge is 2.33. The summed E-state index contributed by atoms with van der Waals surface area (Å²) < 4.78 is 0. The van der Waals surface area contributed by atoms with Gasteiger partial charge in [-0.1, -0.05) is 12.2 Å². The number of nitrogens with one attached hydrogen (secondary N) is 1. The Morgan fingerprint density at radius 1 is 1.50 bits per heavy atom. The van der Waals surface area contributed by atoms with Crippen LogP contribution in [0.4, 0.5) is 0 Å². The van der Waals surface area contributed by atoms with E-state index in [1.54, 1.807) is 0 Å². The molecule has 2 aliphatic rings. The second-order valence-electron chi connectivity index (χ2n) is 2.90. The minimum Gasteiger partial charge on any atom is -0.316 e. The summed E-state index contributed by atoms with van der Waals surface area (Å²) in [6, 6.07) is 0. The van der Waals surface area contributed by atoms with Gasteiger partial charge in [0.25, 0.3) is 0 Å². The summed E-state index contributed by atoms with van der Waals surface area (Å²) in [5.74, 6) is 0. The molecular formula is C7H11N. The van der Waals surface area contributed by atoms with E-state index in [0.717, 1.165) is 0 Å². The fourth-order valence-electron chi connectivity index (χ4n) is 1.53. The predicted molar refractivity (Wildman–Crippen MR) is 33.7 cm³/mol. The first-order valence-electron chi connectivity index (χ1n) is 3.30. The van der Waals surface area contributed by atoms with Crippen LogP contribution in [0.2, 0.25) is 0 Å². The fourth-order valence-corrected chi connectivity index (χ4v) is 1.53. The van der Waals surface area contributed by atoms with Crippen molar-refractivity contribution in [2.45, 2.75) is 12.8 Å². The van der Waals surface area contributed by atoms with Crippen molar-refractivity contribution < 1.29 is 0 Å². The molecule has 0 amide bonds. The standard InChI is InChI=1S/C7H11N/c1-2-7(3-1)4-5-8-6-7/h1-2,8H,3-6H2. The quantitative estimate of drug-likeness (QED) is 0.456. The van der Waals surface area contributed by atoms with E-state index >= 15 is 0 Å². The lowest BCUT2D eigenvalue weighted by Gasteiger charge is -2.29. The normalized spacial score (nSPS) is 43.0. The van der Waals surface area contributed by atoms with Gasteiger partial charge < -0.3 is 5.32 Å². The molecular weight excluding hydrogens is 98.1 g/mol. The highest BCUT2D eigenvalue weighted by molar-refractivity contribution is 5.15. The third-order valence-electron chi connectivity index (χ3n) is 2.27. The summed E-state index contributed by atoms with van der Waals surface area (Å²) in [4.78, 5) is 0. The molecule has 0 aromatic rings. The topological polar surface area (TPSA) is 12.0 Å². The summed E-state index contributed by atoms with van der Waals surface area (Å²) in [6.07, 6.45) is 7.31. The molecule has 1 fully saturated rings. The van der Waals surface area contributed by atoms with Crippen LogP contribution in [0.25, 0.3) is 0 Å². The van der Waals surface area contributed by atoms with Gasteiger partial charge >= 0.3 is 0 Å². The van der Waals surface area contributed by atoms with Crippen molar-refractivity contribution >= 4 is 0 Å². The van der Waals surface area contributed by atoms with E-state index in [1.165, 1.54) is 25.9 Å². The maximum absolute atomic E-state index is 3.36. The number of rotatable bonds is 0. The Balaban J connectivity index is 2.14. The van der Waals surface area contributed by atoms with E-state index in [1.807, 2.05) is 0 Å². The van der Waals surface area contributed by atoms with E-state index in [-0.39, 0.29) is 0 Å². The van der Waals surface area contributed by atoms with Gasteiger partial charge in [0.05, 0.1) is 0 Å². The number of allylic oxidation sites excluding steroid dienone is 1. The van der Waals surface area contributed by atoms with Crippen LogP contribution in [0.5, 0.6) is 0 Å². The lowest BCUT2D eigenvalue weighted by Crippen LogP contribution is -2.25. The van der Waals surface area contributed by atoms with Crippen molar-refractivity contribution in [3.05, 3.63) is 12.2 Å². The largest absolute Gasteiger partial charge is 0.316 e. The molecule has 0 aromatic carbocycles. The molecule has 1 saturated heterocycles. The zero-order valence-corrected chi connectivity index (χ0v) is 4.98. The molecule has 1 N–H and O–H groups in total. The average molecular weight is 109 g/mol. The van der Waals surface area contributed by atoms with Crippen molar-refractivity contribution in [3.8, 4) is 0 Å². The molecule has 0 aromatic heterocycles. The second-order valence-corrected chi connectivity index (χ2v) is 2.90. The Morgan fingerprint density at radius 3 is 2.62 bits per heavy atom. The average Bonchev–Trinajstić information content (AvgIpc) is 2.07. The monoisotopic (exact) mass is 109 g/mol. The molecule has 1 heteroatoms. The maximum atomic E-state index is 3.36. The van der Waals surface area contributed by atoms with Gasteiger partial charge in [-0.25, -0.2) is 0 Å². The summed E-state index contributed by atoms with van der Waals surface area (Å²) in [5, 5.41) is 3.36. The van der Waals surface area contributed by atoms with Crippen LogP contribution in [0, 0.1) is 5.41 Å². The van der Waals surface area contributed by atoms with Gasteiger partial charge in [-0.05, 0) is 19.4 Å². The fraction of sp³-hybridized carbons (Fsp3) is 0.714. The van der Waals surface area contributed by atoms with E-state index in [4.69, 9.17) is 0 Å². The summed E-state index contributed by atoms with van der Waals surface area (Å²) >= 11 is 0. The zero-order chi connectivity index (χ0) is 5.45. The molecule has 2 rings (SSSR count). The maximum Gasteiger partial charge on any atom is 0.00530 e. The van der Waals surface area contributed by atoms with E-state index < -0.39 is 0 Å².